The van der Waals surface area contributed by atoms with Crippen LogP contribution in [0.2, 0.25) is 0 Å². The number of aliphatic hydroxyl groups is 1. The molecule has 48 heavy (non-hydrogen) atoms. The second-order valence-electron chi connectivity index (χ2n) is 13.9. The summed E-state index contributed by atoms with van der Waals surface area (Å²) in [4.78, 5) is 16.6. The summed E-state index contributed by atoms with van der Waals surface area (Å²) >= 11 is 0. The molecule has 0 amide bonds. The van der Waals surface area contributed by atoms with Crippen molar-refractivity contribution in [1.82, 2.24) is 4.98 Å². The summed E-state index contributed by atoms with van der Waals surface area (Å²) in [6.45, 7) is 18.8. The molecule has 0 spiro atoms. The predicted octanol–water partition coefficient (Wildman–Crippen LogP) is 11.7. The van der Waals surface area contributed by atoms with Crippen molar-refractivity contribution >= 4 is 16.7 Å². The third kappa shape index (κ3) is 7.56. The Morgan fingerprint density at radius 1 is 0.812 bits per heavy atom. The molecule has 1 aliphatic carbocycles. The van der Waals surface area contributed by atoms with Gasteiger partial charge in [0.25, 0.3) is 0 Å². The van der Waals surface area contributed by atoms with Gasteiger partial charge in [0.1, 0.15) is 0 Å². The van der Waals surface area contributed by atoms with Gasteiger partial charge < -0.3 is 5.11 Å². The smallest absolute Gasteiger partial charge is 0.161 e. The van der Waals surface area contributed by atoms with Gasteiger partial charge in [-0.05, 0) is 71.0 Å². The molecule has 1 radical (unpaired) electrons. The number of aromatic nitrogens is 1. The van der Waals surface area contributed by atoms with E-state index in [9.17, 15) is 9.90 Å². The van der Waals surface area contributed by atoms with E-state index >= 15 is 0 Å². The van der Waals surface area contributed by atoms with Crippen molar-refractivity contribution in [3.05, 3.63) is 125 Å². The average molecular weight is 815 g/mol. The number of benzene rings is 4. The second-order valence-corrected chi connectivity index (χ2v) is 13.9. The molecular formula is C44H48IrNO2-. The molecule has 0 aliphatic heterocycles. The van der Waals surface area contributed by atoms with Gasteiger partial charge >= 0.3 is 0 Å². The molecule has 1 heterocycles. The van der Waals surface area contributed by atoms with Crippen LogP contribution in [0.25, 0.3) is 44.4 Å². The van der Waals surface area contributed by atoms with E-state index in [0.29, 0.717) is 0 Å². The standard InChI is InChI=1S/C33H28N.C11H20O2.Ir/c1-20-9-8-10-23(14-20)26-18-31(24-15-21(2)13-22(3)16-24)34-32-19-30-27(17-28(26)32)25-11-6-7-12-29(25)33(30,4)5;1-5-8(3)10(12)7-11(13)9(4)6-2;/h6-15,17-19H,1-5H3;7-9,12H,5-6H2,1-4H3;/q-1;;/b;10-7-;. The van der Waals surface area contributed by atoms with Crippen molar-refractivity contribution in [3.63, 3.8) is 0 Å². The Bertz CT molecular complexity index is 1970. The van der Waals surface area contributed by atoms with E-state index in [1.54, 1.807) is 0 Å². The van der Waals surface area contributed by atoms with Gasteiger partial charge in [0.2, 0.25) is 0 Å². The number of ketones is 1. The molecule has 0 bridgehead atoms. The molecule has 4 aromatic carbocycles. The van der Waals surface area contributed by atoms with Gasteiger partial charge in [-0.2, -0.15) is 0 Å². The predicted molar refractivity (Wildman–Crippen MR) is 198 cm³/mol. The van der Waals surface area contributed by atoms with Crippen LogP contribution in [0, 0.1) is 38.7 Å². The Morgan fingerprint density at radius 3 is 2.19 bits per heavy atom. The number of allylic oxidation sites excluding steroid dienone is 2. The summed E-state index contributed by atoms with van der Waals surface area (Å²) in [5, 5.41) is 10.7. The molecular weight excluding hydrogens is 767 g/mol. The second kappa shape index (κ2) is 15.1. The van der Waals surface area contributed by atoms with E-state index in [0.717, 1.165) is 35.2 Å². The normalized spacial score (nSPS) is 14.2. The van der Waals surface area contributed by atoms with Gasteiger partial charge in [-0.3, -0.25) is 9.78 Å². The van der Waals surface area contributed by atoms with Crippen LogP contribution >= 0.6 is 0 Å². The number of hydrogen-bond donors (Lipinski definition) is 1. The summed E-state index contributed by atoms with van der Waals surface area (Å²) in [5.41, 5.74) is 14.5. The largest absolute Gasteiger partial charge is 0.512 e. The Morgan fingerprint density at radius 2 is 1.52 bits per heavy atom. The third-order valence-electron chi connectivity index (χ3n) is 9.77. The summed E-state index contributed by atoms with van der Waals surface area (Å²) < 4.78 is 0. The monoisotopic (exact) mass is 815 g/mol. The van der Waals surface area contributed by atoms with Crippen molar-refractivity contribution in [2.75, 3.05) is 0 Å². The first kappa shape index (κ1) is 37.0. The third-order valence-corrected chi connectivity index (χ3v) is 9.77. The zero-order valence-corrected chi connectivity index (χ0v) is 32.2. The van der Waals surface area contributed by atoms with Crippen LogP contribution in [0.15, 0.2) is 90.7 Å². The van der Waals surface area contributed by atoms with Crippen molar-refractivity contribution in [2.45, 2.75) is 80.6 Å². The molecule has 0 fully saturated rings. The summed E-state index contributed by atoms with van der Waals surface area (Å²) in [5.74, 6) is 0.354. The summed E-state index contributed by atoms with van der Waals surface area (Å²) in [6.07, 6.45) is 3.06. The number of rotatable bonds is 7. The first-order valence-corrected chi connectivity index (χ1v) is 17.0. The molecule has 0 saturated heterocycles. The quantitative estimate of drug-likeness (QED) is 0.101. The number of fused-ring (bicyclic) bond motifs is 4. The van der Waals surface area contributed by atoms with Crippen LogP contribution in [-0.4, -0.2) is 15.9 Å². The number of carbonyl (C=O) groups excluding carboxylic acids is 1. The fourth-order valence-corrected chi connectivity index (χ4v) is 6.48. The number of carbonyl (C=O) groups is 1. The number of nitrogens with zero attached hydrogens (tertiary/aromatic N) is 1. The fourth-order valence-electron chi connectivity index (χ4n) is 6.48. The molecule has 1 aliphatic rings. The topological polar surface area (TPSA) is 50.2 Å². The molecule has 251 valence electrons. The van der Waals surface area contributed by atoms with E-state index in [-0.39, 0.29) is 48.9 Å². The van der Waals surface area contributed by atoms with Gasteiger partial charge in [0, 0.05) is 48.8 Å². The number of hydrogen-bond acceptors (Lipinski definition) is 3. The van der Waals surface area contributed by atoms with Crippen molar-refractivity contribution in [2.24, 2.45) is 11.8 Å². The van der Waals surface area contributed by atoms with E-state index < -0.39 is 0 Å². The van der Waals surface area contributed by atoms with Crippen LogP contribution in [0.4, 0.5) is 0 Å². The molecule has 5 aromatic rings. The molecule has 2 unspecified atom stereocenters. The first-order valence-electron chi connectivity index (χ1n) is 17.0. The molecule has 1 N–H and O–H groups in total. The number of pyridine rings is 1. The molecule has 0 saturated carbocycles. The summed E-state index contributed by atoms with van der Waals surface area (Å²) in [6, 6.07) is 32.4. The van der Waals surface area contributed by atoms with Gasteiger partial charge in [-0.25, -0.2) is 0 Å². The maximum absolute atomic E-state index is 11.4. The SMILES string of the molecule is CCC(C)C(=O)/C=C(\O)C(C)CC.Cc1[c-]c(-c2cc(-c3cccc(C)c3)c3cc4c(cc3n2)C(C)(C)c2ccccc2-4)cc(C)c1.[Ir]. The maximum Gasteiger partial charge on any atom is 0.161 e. The van der Waals surface area contributed by atoms with E-state index in [2.05, 4.69) is 120 Å². The van der Waals surface area contributed by atoms with Crippen molar-refractivity contribution < 1.29 is 30.0 Å². The Balaban J connectivity index is 0.000000319. The van der Waals surface area contributed by atoms with Crippen LogP contribution in [0.5, 0.6) is 0 Å². The Hall–Kier alpha value is -3.85. The maximum atomic E-state index is 11.4. The first-order chi connectivity index (χ1) is 22.3. The van der Waals surface area contributed by atoms with E-state index in [1.165, 1.54) is 56.0 Å². The molecule has 3 nitrogen and oxygen atoms in total. The minimum atomic E-state index is -0.0483. The minimum Gasteiger partial charge on any atom is -0.512 e. The van der Waals surface area contributed by atoms with Gasteiger partial charge in [-0.15, -0.1) is 34.9 Å². The van der Waals surface area contributed by atoms with Crippen LogP contribution in [0.1, 0.15) is 82.2 Å². The minimum absolute atomic E-state index is 0. The van der Waals surface area contributed by atoms with E-state index in [1.807, 2.05) is 27.7 Å². The fraction of sp³-hybridized carbons (Fsp3) is 0.318. The van der Waals surface area contributed by atoms with Gasteiger partial charge in [0.15, 0.2) is 5.78 Å². The van der Waals surface area contributed by atoms with Crippen LogP contribution in [-0.2, 0) is 30.3 Å². The number of aryl methyl sites for hydroxylation is 3. The average Bonchev–Trinajstić information content (AvgIpc) is 3.27. The van der Waals surface area contributed by atoms with E-state index in [4.69, 9.17) is 4.98 Å². The summed E-state index contributed by atoms with van der Waals surface area (Å²) in [7, 11) is 0. The molecule has 1 aromatic heterocycles. The Labute approximate surface area is 300 Å². The van der Waals surface area contributed by atoms with Crippen LogP contribution in [0.3, 0.4) is 0 Å². The van der Waals surface area contributed by atoms with Crippen molar-refractivity contribution in [1.29, 1.82) is 0 Å². The van der Waals surface area contributed by atoms with Gasteiger partial charge in [0.05, 0.1) is 11.3 Å². The van der Waals surface area contributed by atoms with Crippen LogP contribution < -0.4 is 0 Å². The number of aliphatic hydroxyl groups excluding tert-OH is 1. The molecule has 2 atom stereocenters. The zero-order valence-electron chi connectivity index (χ0n) is 29.8. The Kier molecular flexibility index (Phi) is 11.7. The molecule has 6 rings (SSSR count). The van der Waals surface area contributed by atoms with Gasteiger partial charge in [-0.1, -0.05) is 116 Å². The van der Waals surface area contributed by atoms with Crippen molar-refractivity contribution in [3.8, 4) is 33.5 Å². The zero-order chi connectivity index (χ0) is 34.0. The molecule has 4 heteroatoms.